The highest BCUT2D eigenvalue weighted by molar-refractivity contribution is 6.00. The molecule has 0 aromatic rings. The third kappa shape index (κ3) is 41.8. The molecule has 36 heteroatoms. The predicted octanol–water partition coefficient (Wildman–Crippen LogP) is 9.31. The van der Waals surface area contributed by atoms with E-state index in [0.717, 1.165) is 118 Å². The largest absolute Gasteiger partial charge is 0.444 e. The van der Waals surface area contributed by atoms with Crippen LogP contribution in [0.4, 0.5) is 19.2 Å². The number of aliphatic hydroxyl groups excluding tert-OH is 8. The maximum absolute atomic E-state index is 14.7. The summed E-state index contributed by atoms with van der Waals surface area (Å²) in [6.07, 6.45) is 6.48. The van der Waals surface area contributed by atoms with Crippen LogP contribution in [0.1, 0.15) is 330 Å². The van der Waals surface area contributed by atoms with Gasteiger partial charge >= 0.3 is 24.4 Å². The lowest BCUT2D eigenvalue weighted by molar-refractivity contribution is -0.593. The second kappa shape index (κ2) is 55.6. The molecule has 121 heavy (non-hydrogen) atoms. The summed E-state index contributed by atoms with van der Waals surface area (Å²) >= 11 is 0. The monoisotopic (exact) mass is 1730 g/mol. The Labute approximate surface area is 717 Å². The maximum Gasteiger partial charge on any atom is 0.411 e. The first-order chi connectivity index (χ1) is 56.6. The normalized spacial score (nSPS) is 18.0. The number of hydrogen-bond donors (Lipinski definition) is 12. The van der Waals surface area contributed by atoms with Gasteiger partial charge in [-0.2, -0.15) is 9.78 Å². The van der Waals surface area contributed by atoms with Gasteiger partial charge in [-0.1, -0.05) is 155 Å². The first-order valence-electron chi connectivity index (χ1n) is 44.1. The van der Waals surface area contributed by atoms with E-state index in [4.69, 9.17) is 38.5 Å². The fourth-order valence-electron chi connectivity index (χ4n) is 13.9. The van der Waals surface area contributed by atoms with E-state index in [0.29, 0.717) is 62.9 Å². The molecule has 0 aliphatic carbocycles. The Hall–Kier alpha value is -6.71. The topological polar surface area (TPSA) is 488 Å². The van der Waals surface area contributed by atoms with Crippen LogP contribution in [0.15, 0.2) is 0 Å². The smallest absolute Gasteiger partial charge is 0.411 e. The van der Waals surface area contributed by atoms with E-state index in [9.17, 15) is 93.6 Å². The zero-order chi connectivity index (χ0) is 91.5. The second-order valence-corrected chi connectivity index (χ2v) is 36.1. The van der Waals surface area contributed by atoms with E-state index in [1.165, 1.54) is 64.2 Å². The molecule has 0 bridgehead atoms. The molecule has 0 aromatic carbocycles. The molecule has 2 rings (SSSR count). The van der Waals surface area contributed by atoms with Crippen molar-refractivity contribution in [3.05, 3.63) is 0 Å². The average molecular weight is 1740 g/mol. The highest BCUT2D eigenvalue weighted by Crippen LogP contribution is 2.44. The van der Waals surface area contributed by atoms with Crippen LogP contribution in [0.5, 0.6) is 0 Å². The molecule has 0 aromatic heterocycles. The molecule has 0 radical (unpaired) electrons. The number of carbonyl (C=O) groups is 11. The van der Waals surface area contributed by atoms with Crippen molar-refractivity contribution in [3.63, 3.8) is 0 Å². The third-order valence-corrected chi connectivity index (χ3v) is 20.2. The first-order valence-corrected chi connectivity index (χ1v) is 44.1. The van der Waals surface area contributed by atoms with Gasteiger partial charge in [-0.15, -0.1) is 0 Å². The van der Waals surface area contributed by atoms with Gasteiger partial charge in [-0.25, -0.2) is 43.7 Å². The van der Waals surface area contributed by atoms with Crippen molar-refractivity contribution in [3.8, 4) is 0 Å². The molecule has 2 fully saturated rings. The van der Waals surface area contributed by atoms with Crippen molar-refractivity contribution in [2.45, 2.75) is 419 Å². The average Bonchev–Trinajstić information content (AvgIpc) is 0.697. The quantitative estimate of drug-likeness (QED) is 0.0117. The molecule has 12 N–H and O–H groups in total. The first kappa shape index (κ1) is 110. The standard InChI is InChI=1S/C85H155N9O27/c1-18-19-55-91(79(113)119-83(15,16)17)73(89-77(111)117-81(9,10)11)63(56-90(78(112)118-82(12,13)14)54-46-45-53-88-76(110)116-80(6,7)8)47-41-38-40-44-51-86-64(99)48-42-37-35-33-31-29-27-25-23-21-20-22-24-26-28-30-32-34-36-39-43-52-87-65(100)49-50-66(101)94(84(57-114-120-84)92(61(4)97)74(108)71(106)69(104)67(102)59(2)95)85(58-115-121-85)93(62(5)98)75(109)72(107)70(105)68(103)60(3)96/h59-60,63,67-73,95-96,102-107H,18-58H2,1-17H3,(H,86,99)(H,87,100)(H,88,110)(H,89,111)/t59-,60-,63?,67-,68-,69+,70+,71-,72-,73?,84?,85?/m1/s1. The summed E-state index contributed by atoms with van der Waals surface area (Å²) in [6, 6.07) is 0. The molecule has 2 aliphatic heterocycles. The Morgan fingerprint density at radius 1 is 0.405 bits per heavy atom. The molecule has 11 amide bonds. The molecule has 2 saturated heterocycles. The van der Waals surface area contributed by atoms with Crippen molar-refractivity contribution in [1.82, 2.24) is 45.8 Å². The number of carbonyl (C=O) groups excluding carboxylic acids is 11. The van der Waals surface area contributed by atoms with Crippen LogP contribution in [-0.2, 0) is 72.1 Å². The SMILES string of the molecule is CCCCN(C(=O)OC(C)(C)C)C(NC(=O)OC(C)(C)C)C(CCCCCCNC(=O)CCCCCCCCCCCCCCCCCCCCCCCNC(=O)CCC(=O)N(C1(N(C(C)=O)C(=O)[C@H](O)[C@@H](O)[C@H](O)[C@@H](C)O)COO1)C1(N(C(C)=O)C(=O)[C@H](O)[C@@H](O)[C@H](O)[C@@H](C)O)COO1)CN(CCCCNC(=O)OC(C)(C)C)C(=O)OC(C)(C)C. The summed E-state index contributed by atoms with van der Waals surface area (Å²) in [6.45, 7) is 26.6. The Morgan fingerprint density at radius 2 is 0.752 bits per heavy atom. The van der Waals surface area contributed by atoms with E-state index >= 15 is 0 Å². The lowest BCUT2D eigenvalue weighted by Crippen LogP contribution is -2.85. The molecule has 0 saturated carbocycles. The Kier molecular flexibility index (Phi) is 50.7. The molecular weight excluding hydrogens is 1580 g/mol. The number of ether oxygens (including phenoxy) is 4. The lowest BCUT2D eigenvalue weighted by Gasteiger charge is -2.60. The molecular formula is C85H155N9O27. The zero-order valence-electron chi connectivity index (χ0n) is 75.8. The van der Waals surface area contributed by atoms with E-state index in [-0.39, 0.29) is 41.9 Å². The van der Waals surface area contributed by atoms with Crippen molar-refractivity contribution in [1.29, 1.82) is 0 Å². The van der Waals surface area contributed by atoms with Crippen LogP contribution in [-0.4, -0.2) is 273 Å². The Balaban J connectivity index is 1.78. The number of nitrogens with one attached hydrogen (secondary N) is 4. The minimum absolute atomic E-state index is 0.0377. The minimum Gasteiger partial charge on any atom is -0.444 e. The molecule has 12 atom stereocenters. The molecule has 2 heterocycles. The number of alkyl carbamates (subject to hydrolysis) is 2. The summed E-state index contributed by atoms with van der Waals surface area (Å²) in [5.74, 6) is -14.6. The summed E-state index contributed by atoms with van der Waals surface area (Å²) in [5, 5.41) is 95.1. The maximum atomic E-state index is 14.7. The van der Waals surface area contributed by atoms with Crippen LogP contribution >= 0.6 is 0 Å². The second-order valence-electron chi connectivity index (χ2n) is 36.1. The van der Waals surface area contributed by atoms with Gasteiger partial charge in [0.05, 0.1) is 12.2 Å². The van der Waals surface area contributed by atoms with Gasteiger partial charge in [0, 0.05) is 78.3 Å². The van der Waals surface area contributed by atoms with Crippen LogP contribution in [0.2, 0.25) is 0 Å². The highest BCUT2D eigenvalue weighted by atomic mass is 17.3. The van der Waals surface area contributed by atoms with Gasteiger partial charge in [0.1, 0.15) is 53.0 Å². The predicted molar refractivity (Wildman–Crippen MR) is 447 cm³/mol. The number of amides is 11. The summed E-state index contributed by atoms with van der Waals surface area (Å²) in [4.78, 5) is 174. The number of imide groups is 2. The van der Waals surface area contributed by atoms with Crippen LogP contribution in [0, 0.1) is 5.92 Å². The number of unbranched alkanes of at least 4 members (excludes halogenated alkanes) is 25. The molecule has 0 spiro atoms. The van der Waals surface area contributed by atoms with Crippen LogP contribution in [0.25, 0.3) is 0 Å². The Bertz CT molecular complexity index is 3020. The zero-order valence-corrected chi connectivity index (χ0v) is 75.8. The molecule has 702 valence electrons. The fourth-order valence-corrected chi connectivity index (χ4v) is 13.9. The minimum atomic E-state index is -2.98. The highest BCUT2D eigenvalue weighted by Gasteiger charge is 2.71. The number of hydrogen-bond acceptors (Lipinski definition) is 27. The number of rotatable bonds is 59. The van der Waals surface area contributed by atoms with Gasteiger partial charge in [-0.3, -0.25) is 38.5 Å². The number of nitrogens with zero attached hydrogens (tertiary/aromatic N) is 5. The van der Waals surface area contributed by atoms with Crippen LogP contribution < -0.4 is 21.3 Å². The number of aliphatic hydroxyl groups is 8. The van der Waals surface area contributed by atoms with Crippen molar-refractivity contribution in [2.24, 2.45) is 5.92 Å². The van der Waals surface area contributed by atoms with Crippen molar-refractivity contribution >= 4 is 65.7 Å². The summed E-state index contributed by atoms with van der Waals surface area (Å²) in [5.41, 5.74) is -3.17. The van der Waals surface area contributed by atoms with E-state index in [1.807, 2.05) is 6.92 Å². The summed E-state index contributed by atoms with van der Waals surface area (Å²) < 4.78 is 23.1. The van der Waals surface area contributed by atoms with Gasteiger partial charge < -0.3 is 86.0 Å². The van der Waals surface area contributed by atoms with E-state index < -0.39 is 181 Å². The van der Waals surface area contributed by atoms with E-state index in [1.54, 1.807) is 92.9 Å². The lowest BCUT2D eigenvalue weighted by atomic mass is 9.95. The van der Waals surface area contributed by atoms with Crippen molar-refractivity contribution in [2.75, 3.05) is 52.5 Å². The Morgan fingerprint density at radius 3 is 1.12 bits per heavy atom. The molecule has 4 unspecified atom stereocenters. The fraction of sp³-hybridized carbons (Fsp3) is 0.871. The third-order valence-electron chi connectivity index (χ3n) is 20.2. The molecule has 2 aliphatic rings. The van der Waals surface area contributed by atoms with Gasteiger partial charge in [0.15, 0.2) is 25.4 Å². The van der Waals surface area contributed by atoms with Crippen molar-refractivity contribution < 1.29 is 132 Å². The van der Waals surface area contributed by atoms with Gasteiger partial charge in [-0.05, 0) is 142 Å². The van der Waals surface area contributed by atoms with Crippen LogP contribution in [0.3, 0.4) is 0 Å². The van der Waals surface area contributed by atoms with E-state index in [2.05, 4.69) is 21.3 Å². The molecule has 36 nitrogen and oxygen atoms in total. The summed E-state index contributed by atoms with van der Waals surface area (Å²) in [7, 11) is 0. The van der Waals surface area contributed by atoms with Gasteiger partial charge in [0.2, 0.25) is 29.5 Å². The van der Waals surface area contributed by atoms with Gasteiger partial charge in [0.25, 0.3) is 23.5 Å².